The van der Waals surface area contributed by atoms with Crippen LogP contribution in [0.5, 0.6) is 0 Å². The molecule has 0 saturated heterocycles. The van der Waals surface area contributed by atoms with Crippen molar-refractivity contribution >= 4 is 51.1 Å². The van der Waals surface area contributed by atoms with Gasteiger partial charge in [0.2, 0.25) is 0 Å². The highest BCUT2D eigenvalue weighted by Gasteiger charge is 2.22. The number of benzene rings is 1. The average Bonchev–Trinajstić information content (AvgIpc) is 2.72. The highest BCUT2D eigenvalue weighted by atomic mass is 35.5. The summed E-state index contributed by atoms with van der Waals surface area (Å²) < 4.78 is 19.3. The van der Waals surface area contributed by atoms with Gasteiger partial charge in [-0.25, -0.2) is 5.09 Å². The lowest BCUT2D eigenvalue weighted by Crippen LogP contribution is -2.08. The molecule has 7 heteroatoms. The summed E-state index contributed by atoms with van der Waals surface area (Å²) in [5.74, 6) is 0.570. The molecule has 2 aromatic rings. The third-order valence-corrected chi connectivity index (χ3v) is 8.26. The van der Waals surface area contributed by atoms with Crippen LogP contribution in [0, 0.1) is 0 Å². The lowest BCUT2D eigenvalue weighted by Gasteiger charge is -2.15. The molecule has 3 nitrogen and oxygen atoms in total. The van der Waals surface area contributed by atoms with E-state index >= 15 is 0 Å². The number of rotatable bonds is 6. The Hall–Kier alpha value is -0.0300. The van der Waals surface area contributed by atoms with Gasteiger partial charge < -0.3 is 4.52 Å². The molecule has 0 aliphatic rings. The number of halogens is 1. The molecule has 0 saturated carbocycles. The molecular formula is C12H15ClNO2PS2. The first-order valence-electron chi connectivity index (χ1n) is 5.81. The Balaban J connectivity index is 2.22. The van der Waals surface area contributed by atoms with Gasteiger partial charge in [-0.2, -0.15) is 0 Å². The first-order valence-corrected chi connectivity index (χ1v) is 10.2. The van der Waals surface area contributed by atoms with E-state index in [4.69, 9.17) is 16.1 Å². The van der Waals surface area contributed by atoms with Crippen LogP contribution in [-0.4, -0.2) is 13.7 Å². The van der Waals surface area contributed by atoms with E-state index in [2.05, 4.69) is 5.09 Å². The third-order valence-electron chi connectivity index (χ3n) is 2.62. The minimum atomic E-state index is -2.83. The SMILES string of the molecule is CCN[P@@](=O)(OC)SCc1c(Cl)sc2ccccc12. The van der Waals surface area contributed by atoms with E-state index in [1.54, 1.807) is 11.3 Å². The Labute approximate surface area is 125 Å². The number of thiophene rings is 1. The molecule has 0 unspecified atom stereocenters. The van der Waals surface area contributed by atoms with Crippen molar-refractivity contribution in [1.82, 2.24) is 5.09 Å². The Morgan fingerprint density at radius 1 is 1.47 bits per heavy atom. The fourth-order valence-electron chi connectivity index (χ4n) is 1.71. The molecule has 1 N–H and O–H groups in total. The summed E-state index contributed by atoms with van der Waals surface area (Å²) in [4.78, 5) is 0. The average molecular weight is 336 g/mol. The summed E-state index contributed by atoms with van der Waals surface area (Å²) in [7, 11) is 1.46. The monoisotopic (exact) mass is 335 g/mol. The molecule has 0 amide bonds. The predicted molar refractivity (Wildman–Crippen MR) is 86.4 cm³/mol. The summed E-state index contributed by atoms with van der Waals surface area (Å²) in [5.41, 5.74) is 1.03. The van der Waals surface area contributed by atoms with Crippen molar-refractivity contribution in [3.05, 3.63) is 34.2 Å². The number of hydrogen-bond donors (Lipinski definition) is 1. The molecule has 2 rings (SSSR count). The van der Waals surface area contributed by atoms with Crippen LogP contribution in [0.1, 0.15) is 12.5 Å². The van der Waals surface area contributed by atoms with Gasteiger partial charge in [0.15, 0.2) is 0 Å². The molecule has 1 aromatic carbocycles. The molecule has 0 aliphatic carbocycles. The fraction of sp³-hybridized carbons (Fsp3) is 0.333. The molecule has 0 aliphatic heterocycles. The molecule has 0 bridgehead atoms. The topological polar surface area (TPSA) is 38.3 Å². The molecule has 1 aromatic heterocycles. The van der Waals surface area contributed by atoms with Gasteiger partial charge in [-0.3, -0.25) is 4.57 Å². The predicted octanol–water partition coefficient (Wildman–Crippen LogP) is 5.15. The lowest BCUT2D eigenvalue weighted by molar-refractivity contribution is 0.400. The van der Waals surface area contributed by atoms with Crippen molar-refractivity contribution in [1.29, 1.82) is 0 Å². The van der Waals surface area contributed by atoms with Crippen LogP contribution in [0.4, 0.5) is 0 Å². The van der Waals surface area contributed by atoms with E-state index in [9.17, 15) is 4.57 Å². The maximum Gasteiger partial charge on any atom is 0.326 e. The Morgan fingerprint density at radius 2 is 2.21 bits per heavy atom. The zero-order valence-electron chi connectivity index (χ0n) is 10.7. The van der Waals surface area contributed by atoms with Crippen LogP contribution in [-0.2, 0) is 14.8 Å². The summed E-state index contributed by atoms with van der Waals surface area (Å²) in [6, 6.07) is 8.06. The summed E-state index contributed by atoms with van der Waals surface area (Å²) >= 11 is 9.10. The zero-order chi connectivity index (χ0) is 13.9. The van der Waals surface area contributed by atoms with Crippen LogP contribution < -0.4 is 5.09 Å². The number of hydrogen-bond acceptors (Lipinski definition) is 4. The minimum absolute atomic E-state index is 0.570. The maximum atomic E-state index is 12.3. The van der Waals surface area contributed by atoms with Crippen LogP contribution in [0.15, 0.2) is 24.3 Å². The van der Waals surface area contributed by atoms with E-state index in [0.717, 1.165) is 20.0 Å². The van der Waals surface area contributed by atoms with Crippen molar-refractivity contribution in [3.63, 3.8) is 0 Å². The van der Waals surface area contributed by atoms with Crippen LogP contribution in [0.25, 0.3) is 10.1 Å². The highest BCUT2D eigenvalue weighted by Crippen LogP contribution is 2.57. The smallest absolute Gasteiger partial charge is 0.313 e. The molecule has 1 heterocycles. The Kier molecular flexibility index (Phi) is 5.35. The van der Waals surface area contributed by atoms with E-state index in [-0.39, 0.29) is 0 Å². The van der Waals surface area contributed by atoms with Gasteiger partial charge in [-0.15, -0.1) is 11.3 Å². The largest absolute Gasteiger partial charge is 0.326 e. The quantitative estimate of drug-likeness (QED) is 0.741. The zero-order valence-corrected chi connectivity index (χ0v) is 14.0. The first-order chi connectivity index (χ1) is 9.09. The normalized spacial score (nSPS) is 14.7. The molecular weight excluding hydrogens is 321 g/mol. The first kappa shape index (κ1) is 15.4. The highest BCUT2D eigenvalue weighted by molar-refractivity contribution is 8.55. The van der Waals surface area contributed by atoms with E-state index in [1.807, 2.05) is 31.2 Å². The van der Waals surface area contributed by atoms with Crippen molar-refractivity contribution in [2.45, 2.75) is 12.7 Å². The molecule has 1 atom stereocenters. The van der Waals surface area contributed by atoms with E-state index in [0.29, 0.717) is 12.3 Å². The van der Waals surface area contributed by atoms with Gasteiger partial charge >= 0.3 is 6.72 Å². The van der Waals surface area contributed by atoms with E-state index in [1.165, 1.54) is 18.5 Å². The van der Waals surface area contributed by atoms with Crippen molar-refractivity contribution in [3.8, 4) is 0 Å². The van der Waals surface area contributed by atoms with Crippen molar-refractivity contribution in [2.24, 2.45) is 0 Å². The summed E-state index contributed by atoms with van der Waals surface area (Å²) in [6.45, 7) is -0.317. The number of nitrogens with one attached hydrogen (secondary N) is 1. The lowest BCUT2D eigenvalue weighted by atomic mass is 10.2. The molecule has 104 valence electrons. The Morgan fingerprint density at radius 3 is 2.89 bits per heavy atom. The fourth-order valence-corrected chi connectivity index (χ4v) is 6.43. The summed E-state index contributed by atoms with van der Waals surface area (Å²) in [5, 5.41) is 4.02. The van der Waals surface area contributed by atoms with Crippen molar-refractivity contribution < 1.29 is 9.09 Å². The number of fused-ring (bicyclic) bond motifs is 1. The van der Waals surface area contributed by atoms with E-state index < -0.39 is 6.72 Å². The van der Waals surface area contributed by atoms with Gasteiger partial charge in [0.1, 0.15) is 0 Å². The third kappa shape index (κ3) is 3.54. The molecule has 0 radical (unpaired) electrons. The second-order valence-electron chi connectivity index (χ2n) is 3.82. The van der Waals surface area contributed by atoms with Gasteiger partial charge in [0.05, 0.1) is 4.34 Å². The second kappa shape index (κ2) is 6.61. The van der Waals surface area contributed by atoms with Gasteiger partial charge in [0, 0.05) is 24.1 Å². The molecule has 0 spiro atoms. The summed E-state index contributed by atoms with van der Waals surface area (Å²) in [6.07, 6.45) is 0. The molecule has 0 fully saturated rings. The van der Waals surface area contributed by atoms with Crippen molar-refractivity contribution in [2.75, 3.05) is 13.7 Å². The van der Waals surface area contributed by atoms with Crippen LogP contribution in [0.2, 0.25) is 4.34 Å². The molecule has 19 heavy (non-hydrogen) atoms. The van der Waals surface area contributed by atoms with Crippen LogP contribution in [0.3, 0.4) is 0 Å². The van der Waals surface area contributed by atoms with Gasteiger partial charge in [-0.1, -0.05) is 36.7 Å². The Bertz CT molecular complexity index is 617. The van der Waals surface area contributed by atoms with Gasteiger partial charge in [-0.05, 0) is 28.4 Å². The minimum Gasteiger partial charge on any atom is -0.313 e. The van der Waals surface area contributed by atoms with Crippen LogP contribution >= 0.6 is 41.0 Å². The second-order valence-corrected chi connectivity index (χ2v) is 9.91. The standard InChI is InChI=1S/C12H15ClNO2PS2/c1-3-14-17(15,16-2)18-8-10-9-6-4-5-7-11(9)19-12(10)13/h4-7H,3,8H2,1-2H3,(H,14,15)/t17-/m1/s1. The maximum absolute atomic E-state index is 12.3. The van der Waals surface area contributed by atoms with Gasteiger partial charge in [0.25, 0.3) is 0 Å².